The van der Waals surface area contributed by atoms with E-state index in [0.717, 1.165) is 0 Å². The van der Waals surface area contributed by atoms with Gasteiger partial charge in [-0.2, -0.15) is 0 Å². The molecule has 0 fully saturated rings. The summed E-state index contributed by atoms with van der Waals surface area (Å²) < 4.78 is 55.3. The van der Waals surface area contributed by atoms with Crippen molar-refractivity contribution in [3.8, 4) is 11.5 Å². The molecular weight excluding hydrogens is 471 g/mol. The summed E-state index contributed by atoms with van der Waals surface area (Å²) in [6.45, 7) is 9.30. The topological polar surface area (TPSA) is 81.7 Å². The zero-order valence-corrected chi connectivity index (χ0v) is 21.7. The highest BCUT2D eigenvalue weighted by Gasteiger charge is 2.34. The van der Waals surface area contributed by atoms with E-state index in [-0.39, 0.29) is 18.8 Å². The predicted octanol–water partition coefficient (Wildman–Crippen LogP) is 3.57. The lowest BCUT2D eigenvalue weighted by Crippen LogP contribution is -2.26. The molecule has 0 radical (unpaired) electrons. The molecule has 9 heteroatoms. The molecule has 0 aliphatic carbocycles. The number of ether oxygens (including phenoxy) is 6. The zero-order chi connectivity index (χ0) is 24.9. The average molecular weight is 509 g/mol. The summed E-state index contributed by atoms with van der Waals surface area (Å²) in [5, 5.41) is 0.974. The molecule has 2 aromatic rings. The molecule has 194 valence electrons. The highest BCUT2D eigenvalue weighted by atomic mass is 31.2. The van der Waals surface area contributed by atoms with E-state index < -0.39 is 7.37 Å². The van der Waals surface area contributed by atoms with E-state index in [4.69, 9.17) is 32.9 Å². The zero-order valence-electron chi connectivity index (χ0n) is 20.9. The summed E-state index contributed by atoms with van der Waals surface area (Å²) in [5.74, 6) is 0.982. The lowest BCUT2D eigenvalue weighted by molar-refractivity contribution is -0.0333. The van der Waals surface area contributed by atoms with E-state index in [0.29, 0.717) is 75.0 Å². The van der Waals surface area contributed by atoms with E-state index >= 15 is 0 Å². The number of para-hydroxylation sites is 2. The van der Waals surface area contributed by atoms with Crippen LogP contribution in [0.5, 0.6) is 11.5 Å². The average Bonchev–Trinajstić information content (AvgIpc) is 2.87. The smallest absolute Gasteiger partial charge is 0.268 e. The fraction of sp³-hybridized carbons (Fsp3) is 0.538. The van der Waals surface area contributed by atoms with E-state index in [1.165, 1.54) is 0 Å². The van der Waals surface area contributed by atoms with Crippen LogP contribution in [0, 0.1) is 0 Å². The van der Waals surface area contributed by atoms with Gasteiger partial charge in [0.05, 0.1) is 69.1 Å². The maximum Gasteiger partial charge on any atom is 0.268 e. The van der Waals surface area contributed by atoms with Crippen molar-refractivity contribution in [1.82, 2.24) is 0 Å². The van der Waals surface area contributed by atoms with Gasteiger partial charge >= 0.3 is 0 Å². The van der Waals surface area contributed by atoms with E-state index in [9.17, 15) is 4.57 Å². The summed E-state index contributed by atoms with van der Waals surface area (Å²) in [5.41, 5.74) is 0. The highest BCUT2D eigenvalue weighted by molar-refractivity contribution is 7.74. The van der Waals surface area contributed by atoms with Gasteiger partial charge in [0.15, 0.2) is 0 Å². The van der Waals surface area contributed by atoms with Crippen LogP contribution in [0.4, 0.5) is 0 Å². The fourth-order valence-electron chi connectivity index (χ4n) is 3.54. The van der Waals surface area contributed by atoms with Gasteiger partial charge in [-0.15, -0.1) is 0 Å². The summed E-state index contributed by atoms with van der Waals surface area (Å²) >= 11 is 0. The summed E-state index contributed by atoms with van der Waals surface area (Å²) in [4.78, 5) is 0. The van der Waals surface area contributed by atoms with Gasteiger partial charge in [0.2, 0.25) is 0 Å². The van der Waals surface area contributed by atoms with Gasteiger partial charge in [-0.1, -0.05) is 24.3 Å². The molecule has 0 saturated heterocycles. The molecule has 1 heterocycles. The number of hydrogen-bond acceptors (Lipinski definition) is 8. The van der Waals surface area contributed by atoms with E-state index in [1.807, 2.05) is 45.0 Å². The van der Waals surface area contributed by atoms with Crippen molar-refractivity contribution in [3.63, 3.8) is 0 Å². The summed E-state index contributed by atoms with van der Waals surface area (Å²) in [6.07, 6.45) is -0.365. The quantitative estimate of drug-likeness (QED) is 0.570. The molecule has 3 rings (SSSR count). The van der Waals surface area contributed by atoms with Gasteiger partial charge in [0, 0.05) is 0 Å². The van der Waals surface area contributed by atoms with Crippen molar-refractivity contribution in [1.29, 1.82) is 0 Å². The molecule has 8 nitrogen and oxygen atoms in total. The largest absolute Gasteiger partial charge is 0.490 e. The molecule has 0 aromatic heterocycles. The van der Waals surface area contributed by atoms with Crippen LogP contribution in [-0.2, 0) is 28.0 Å². The number of rotatable bonds is 2. The van der Waals surface area contributed by atoms with Crippen LogP contribution in [0.2, 0.25) is 0 Å². The number of fused-ring (bicyclic) bond motifs is 2. The molecule has 0 N–H and O–H groups in total. The number of benzene rings is 2. The van der Waals surface area contributed by atoms with E-state index in [1.54, 1.807) is 24.3 Å². The first kappa shape index (κ1) is 27.7. The first-order valence-corrected chi connectivity index (χ1v) is 13.7. The molecule has 0 bridgehead atoms. The van der Waals surface area contributed by atoms with Gasteiger partial charge in [-0.05, 0) is 45.0 Å². The van der Waals surface area contributed by atoms with Crippen LogP contribution in [-0.4, -0.2) is 71.7 Å². The van der Waals surface area contributed by atoms with Crippen LogP contribution in [0.25, 0.3) is 0 Å². The Balaban J connectivity index is 1.90. The second kappa shape index (κ2) is 14.6. The third kappa shape index (κ3) is 8.31. The lowest BCUT2D eigenvalue weighted by atomic mass is 10.3. The third-order valence-corrected chi connectivity index (χ3v) is 7.88. The second-order valence-electron chi connectivity index (χ2n) is 8.11. The standard InChI is InChI=1S/C26H37O8P/c1-4-34-35(27)25-11-7-5-9-23(25)32-19-21(2)30-17-15-28-13-14-29-16-18-31-22(3)20-33-24-10-6-8-12-26(24)35/h5-12,21-22H,4,13-20H2,1-3H3/t21-,22-/m0/s1. The highest BCUT2D eigenvalue weighted by Crippen LogP contribution is 2.49. The van der Waals surface area contributed by atoms with Crippen molar-refractivity contribution < 1.29 is 37.5 Å². The molecule has 0 amide bonds. The van der Waals surface area contributed by atoms with Crippen LogP contribution in [0.15, 0.2) is 48.5 Å². The van der Waals surface area contributed by atoms with E-state index in [2.05, 4.69) is 0 Å². The molecule has 1 aliphatic heterocycles. The van der Waals surface area contributed by atoms with Crippen molar-refractivity contribution in [2.24, 2.45) is 0 Å². The lowest BCUT2D eigenvalue weighted by Gasteiger charge is -2.24. The van der Waals surface area contributed by atoms with Crippen molar-refractivity contribution in [2.75, 3.05) is 59.5 Å². The van der Waals surface area contributed by atoms with Gasteiger partial charge < -0.3 is 32.9 Å². The van der Waals surface area contributed by atoms with Crippen LogP contribution < -0.4 is 20.1 Å². The van der Waals surface area contributed by atoms with Crippen LogP contribution >= 0.6 is 7.37 Å². The molecule has 0 saturated carbocycles. The monoisotopic (exact) mass is 508 g/mol. The Bertz CT molecular complexity index is 868. The SMILES string of the molecule is CCOP1(=O)c2ccccc2OC[C@H](C)OCCOCCOCCO[C@@H](C)COc2ccccc21. The molecule has 35 heavy (non-hydrogen) atoms. The molecular formula is C26H37O8P. The van der Waals surface area contributed by atoms with Crippen LogP contribution in [0.3, 0.4) is 0 Å². The van der Waals surface area contributed by atoms with Gasteiger partial charge in [0.1, 0.15) is 24.7 Å². The van der Waals surface area contributed by atoms with Crippen molar-refractivity contribution in [3.05, 3.63) is 48.5 Å². The molecule has 1 aliphatic rings. The minimum Gasteiger partial charge on any atom is -0.490 e. The minimum atomic E-state index is -3.53. The Morgan fingerprint density at radius 3 is 1.63 bits per heavy atom. The maximum absolute atomic E-state index is 14.5. The number of hydrogen-bond donors (Lipinski definition) is 0. The van der Waals surface area contributed by atoms with Gasteiger partial charge in [-0.3, -0.25) is 4.57 Å². The Morgan fingerprint density at radius 1 is 0.743 bits per heavy atom. The minimum absolute atomic E-state index is 0.183. The summed E-state index contributed by atoms with van der Waals surface area (Å²) in [6, 6.07) is 14.5. The molecule has 0 spiro atoms. The maximum atomic E-state index is 14.5. The van der Waals surface area contributed by atoms with Gasteiger partial charge in [0.25, 0.3) is 7.37 Å². The fourth-order valence-corrected chi connectivity index (χ4v) is 5.87. The Labute approximate surface area is 208 Å². The Kier molecular flexibility index (Phi) is 11.5. The second-order valence-corrected chi connectivity index (χ2v) is 10.4. The first-order valence-electron chi connectivity index (χ1n) is 12.1. The molecule has 2 atom stereocenters. The van der Waals surface area contributed by atoms with Gasteiger partial charge in [-0.25, -0.2) is 0 Å². The molecule has 0 unspecified atom stereocenters. The molecule has 2 aromatic carbocycles. The Morgan fingerprint density at radius 2 is 1.17 bits per heavy atom. The van der Waals surface area contributed by atoms with Crippen molar-refractivity contribution >= 4 is 18.0 Å². The normalized spacial score (nSPS) is 22.9. The Hall–Kier alpha value is -1.93. The third-order valence-electron chi connectivity index (χ3n) is 5.25. The van der Waals surface area contributed by atoms with Crippen LogP contribution in [0.1, 0.15) is 20.8 Å². The first-order chi connectivity index (χ1) is 17.0. The van der Waals surface area contributed by atoms with Crippen molar-refractivity contribution in [2.45, 2.75) is 33.0 Å². The summed E-state index contributed by atoms with van der Waals surface area (Å²) in [7, 11) is -3.53. The predicted molar refractivity (Wildman–Crippen MR) is 135 cm³/mol.